The van der Waals surface area contributed by atoms with Crippen LogP contribution in [0, 0.1) is 5.82 Å². The highest BCUT2D eigenvalue weighted by atomic mass is 35.5. The fourth-order valence-corrected chi connectivity index (χ4v) is 4.43. The molecule has 0 atom stereocenters. The molecular formula is C22H22ClFN4OS. The van der Waals surface area contributed by atoms with Crippen LogP contribution in [-0.4, -0.2) is 37.4 Å². The summed E-state index contributed by atoms with van der Waals surface area (Å²) in [5, 5.41) is 9.23. The van der Waals surface area contributed by atoms with E-state index >= 15 is 0 Å². The van der Waals surface area contributed by atoms with Crippen LogP contribution in [0.25, 0.3) is 5.69 Å². The van der Waals surface area contributed by atoms with Gasteiger partial charge in [-0.05, 0) is 43.0 Å². The molecular weight excluding hydrogens is 423 g/mol. The number of nitrogens with zero attached hydrogens (tertiary/aromatic N) is 4. The van der Waals surface area contributed by atoms with Gasteiger partial charge in [0.05, 0.1) is 18.0 Å². The molecule has 2 aromatic carbocycles. The van der Waals surface area contributed by atoms with E-state index in [0.29, 0.717) is 15.7 Å². The number of carbonyl (C=O) groups is 1. The van der Waals surface area contributed by atoms with Gasteiger partial charge in [-0.3, -0.25) is 9.36 Å². The molecule has 0 aliphatic heterocycles. The first-order chi connectivity index (χ1) is 14.6. The quantitative estimate of drug-likeness (QED) is 0.463. The Morgan fingerprint density at radius 2 is 2.07 bits per heavy atom. The standard InChI is InChI=1S/C22H22ClFN4OS/c1-2-15-6-3-4-9-20(15)28-14-25-26-22(28)30-13-21(29)27(16-10-11-16)12-17-18(23)7-5-8-19(17)24/h3-9,14,16H,2,10-13H2,1H3. The zero-order valence-electron chi connectivity index (χ0n) is 16.6. The van der Waals surface area contributed by atoms with Crippen LogP contribution >= 0.6 is 23.4 Å². The lowest BCUT2D eigenvalue weighted by atomic mass is 10.1. The highest BCUT2D eigenvalue weighted by Crippen LogP contribution is 2.32. The molecule has 3 aromatic rings. The van der Waals surface area contributed by atoms with Gasteiger partial charge in [0.2, 0.25) is 5.91 Å². The Balaban J connectivity index is 1.49. The molecule has 0 spiro atoms. The highest BCUT2D eigenvalue weighted by molar-refractivity contribution is 7.99. The van der Waals surface area contributed by atoms with Crippen molar-refractivity contribution in [1.82, 2.24) is 19.7 Å². The van der Waals surface area contributed by atoms with E-state index in [4.69, 9.17) is 11.6 Å². The maximum Gasteiger partial charge on any atom is 0.233 e. The molecule has 0 saturated heterocycles. The lowest BCUT2D eigenvalue weighted by molar-refractivity contribution is -0.129. The van der Waals surface area contributed by atoms with Crippen molar-refractivity contribution in [2.75, 3.05) is 5.75 Å². The minimum atomic E-state index is -0.385. The molecule has 0 radical (unpaired) electrons. The fraction of sp³-hybridized carbons (Fsp3) is 0.318. The van der Waals surface area contributed by atoms with Crippen molar-refractivity contribution in [1.29, 1.82) is 0 Å². The number of aromatic nitrogens is 3. The lowest BCUT2D eigenvalue weighted by Gasteiger charge is -2.23. The molecule has 156 valence electrons. The predicted molar refractivity (Wildman–Crippen MR) is 116 cm³/mol. The summed E-state index contributed by atoms with van der Waals surface area (Å²) in [7, 11) is 0. The first-order valence-corrected chi connectivity index (χ1v) is 11.3. The van der Waals surface area contributed by atoms with Gasteiger partial charge < -0.3 is 4.90 Å². The molecule has 1 heterocycles. The van der Waals surface area contributed by atoms with Crippen molar-refractivity contribution in [3.63, 3.8) is 0 Å². The van der Waals surface area contributed by atoms with E-state index in [1.807, 2.05) is 22.8 Å². The fourth-order valence-electron chi connectivity index (χ4n) is 3.40. The van der Waals surface area contributed by atoms with Crippen LogP contribution in [0.4, 0.5) is 4.39 Å². The van der Waals surface area contributed by atoms with Crippen molar-refractivity contribution in [3.05, 3.63) is 70.8 Å². The molecule has 0 N–H and O–H groups in total. The Hall–Kier alpha value is -2.38. The van der Waals surface area contributed by atoms with Crippen LogP contribution in [0.3, 0.4) is 0 Å². The minimum absolute atomic E-state index is 0.0554. The molecule has 1 aliphatic carbocycles. The van der Waals surface area contributed by atoms with E-state index in [1.165, 1.54) is 23.4 Å². The predicted octanol–water partition coefficient (Wildman–Crippen LogP) is 4.91. The SMILES string of the molecule is CCc1ccccc1-n1cnnc1SCC(=O)N(Cc1c(F)cccc1Cl)C1CC1. The number of hydrogen-bond donors (Lipinski definition) is 0. The Kier molecular flexibility index (Phi) is 6.39. The summed E-state index contributed by atoms with van der Waals surface area (Å²) in [4.78, 5) is 14.7. The van der Waals surface area contributed by atoms with Gasteiger partial charge in [0.25, 0.3) is 0 Å². The van der Waals surface area contributed by atoms with Crippen molar-refractivity contribution in [2.24, 2.45) is 0 Å². The first-order valence-electron chi connectivity index (χ1n) is 9.92. The van der Waals surface area contributed by atoms with Crippen LogP contribution < -0.4 is 0 Å². The van der Waals surface area contributed by atoms with Crippen LogP contribution in [-0.2, 0) is 17.8 Å². The number of hydrogen-bond acceptors (Lipinski definition) is 4. The van der Waals surface area contributed by atoms with Crippen LogP contribution in [0.2, 0.25) is 5.02 Å². The molecule has 0 unspecified atom stereocenters. The highest BCUT2D eigenvalue weighted by Gasteiger charge is 2.33. The smallest absolute Gasteiger partial charge is 0.233 e. The second kappa shape index (κ2) is 9.18. The summed E-state index contributed by atoms with van der Waals surface area (Å²) in [6.07, 6.45) is 4.42. The van der Waals surface area contributed by atoms with Gasteiger partial charge in [0.15, 0.2) is 5.16 Å². The van der Waals surface area contributed by atoms with Crippen LogP contribution in [0.15, 0.2) is 53.9 Å². The van der Waals surface area contributed by atoms with Crippen LogP contribution in [0.1, 0.15) is 30.9 Å². The second-order valence-electron chi connectivity index (χ2n) is 7.21. The van der Waals surface area contributed by atoms with Crippen molar-refractivity contribution in [2.45, 2.75) is 43.9 Å². The van der Waals surface area contributed by atoms with E-state index in [2.05, 4.69) is 23.2 Å². The average molecular weight is 445 g/mol. The van der Waals surface area contributed by atoms with Gasteiger partial charge >= 0.3 is 0 Å². The summed E-state index contributed by atoms with van der Waals surface area (Å²) in [6.45, 7) is 2.28. The number of benzene rings is 2. The van der Waals surface area contributed by atoms with Crippen molar-refractivity contribution < 1.29 is 9.18 Å². The molecule has 8 heteroatoms. The maximum absolute atomic E-state index is 14.2. The number of amides is 1. The van der Waals surface area contributed by atoms with E-state index < -0.39 is 0 Å². The van der Waals surface area contributed by atoms with E-state index in [9.17, 15) is 9.18 Å². The Labute approximate surface area is 184 Å². The van der Waals surface area contributed by atoms with Crippen molar-refractivity contribution in [3.8, 4) is 5.69 Å². The molecule has 1 aromatic heterocycles. The molecule has 1 aliphatic rings. The minimum Gasteiger partial charge on any atom is -0.334 e. The molecule has 30 heavy (non-hydrogen) atoms. The topological polar surface area (TPSA) is 51.0 Å². The van der Waals surface area contributed by atoms with Gasteiger partial charge in [0, 0.05) is 16.6 Å². The van der Waals surface area contributed by atoms with Gasteiger partial charge in [-0.15, -0.1) is 10.2 Å². The molecule has 1 fully saturated rings. The third kappa shape index (κ3) is 4.52. The third-order valence-electron chi connectivity index (χ3n) is 5.17. The number of halogens is 2. The van der Waals surface area contributed by atoms with Crippen molar-refractivity contribution >= 4 is 29.3 Å². The lowest BCUT2D eigenvalue weighted by Crippen LogP contribution is -2.34. The molecule has 5 nitrogen and oxygen atoms in total. The monoisotopic (exact) mass is 444 g/mol. The molecule has 0 bridgehead atoms. The summed E-state index contributed by atoms with van der Waals surface area (Å²) < 4.78 is 16.1. The second-order valence-corrected chi connectivity index (χ2v) is 8.56. The normalized spacial score (nSPS) is 13.4. The summed E-state index contributed by atoms with van der Waals surface area (Å²) in [6, 6.07) is 12.8. The average Bonchev–Trinajstić information content (AvgIpc) is 3.48. The Morgan fingerprint density at radius 3 is 2.80 bits per heavy atom. The third-order valence-corrected chi connectivity index (χ3v) is 6.45. The largest absolute Gasteiger partial charge is 0.334 e. The zero-order valence-corrected chi connectivity index (χ0v) is 18.2. The molecule has 1 amide bonds. The van der Waals surface area contributed by atoms with Gasteiger partial charge in [0.1, 0.15) is 12.1 Å². The summed E-state index contributed by atoms with van der Waals surface area (Å²) >= 11 is 7.51. The van der Waals surface area contributed by atoms with Gasteiger partial charge in [-0.1, -0.05) is 54.6 Å². The first kappa shape index (κ1) is 20.9. The van der Waals surface area contributed by atoms with E-state index in [0.717, 1.165) is 24.9 Å². The van der Waals surface area contributed by atoms with Crippen LogP contribution in [0.5, 0.6) is 0 Å². The summed E-state index contributed by atoms with van der Waals surface area (Å²) in [5.74, 6) is -0.236. The van der Waals surface area contributed by atoms with E-state index in [-0.39, 0.29) is 30.1 Å². The van der Waals surface area contributed by atoms with E-state index in [1.54, 1.807) is 23.4 Å². The number of aryl methyl sites for hydroxylation is 1. The Bertz CT molecular complexity index is 1030. The zero-order chi connectivity index (χ0) is 21.1. The number of carbonyl (C=O) groups excluding carboxylic acids is 1. The van der Waals surface area contributed by atoms with Gasteiger partial charge in [-0.25, -0.2) is 4.39 Å². The summed E-state index contributed by atoms with van der Waals surface area (Å²) in [5.41, 5.74) is 2.56. The number of para-hydroxylation sites is 1. The molecule has 4 rings (SSSR count). The number of rotatable bonds is 8. The molecule has 1 saturated carbocycles. The number of thioether (sulfide) groups is 1. The van der Waals surface area contributed by atoms with Gasteiger partial charge in [-0.2, -0.15) is 0 Å². The maximum atomic E-state index is 14.2. The Morgan fingerprint density at radius 1 is 1.27 bits per heavy atom.